The van der Waals surface area contributed by atoms with Crippen LogP contribution in [0.4, 0.5) is 0 Å². The van der Waals surface area contributed by atoms with Crippen LogP contribution in [0.25, 0.3) is 0 Å². The Kier molecular flexibility index (Phi) is 16.8. The Morgan fingerprint density at radius 2 is 0.957 bits per heavy atom. The lowest BCUT2D eigenvalue weighted by Crippen LogP contribution is -2.17. The monoisotopic (exact) mass is 324 g/mol. The van der Waals surface area contributed by atoms with E-state index in [-0.39, 0.29) is 0 Å². The minimum atomic E-state index is 0.946. The summed E-state index contributed by atoms with van der Waals surface area (Å²) in [7, 11) is 0. The highest BCUT2D eigenvalue weighted by Crippen LogP contribution is 2.33. The number of rotatable bonds is 17. The van der Waals surface area contributed by atoms with Gasteiger partial charge in [0.15, 0.2) is 0 Å². The quantitative estimate of drug-likeness (QED) is 0.234. The summed E-state index contributed by atoms with van der Waals surface area (Å²) in [5.74, 6) is 2.95. The maximum Gasteiger partial charge on any atom is -0.0388 e. The molecule has 23 heavy (non-hydrogen) atoms. The zero-order chi connectivity index (χ0) is 17.3. The molecule has 0 amide bonds. The highest BCUT2D eigenvalue weighted by atomic mass is 14.3. The Morgan fingerprint density at radius 3 is 1.52 bits per heavy atom. The number of hydrogen-bond acceptors (Lipinski definition) is 0. The first-order valence-corrected chi connectivity index (χ1v) is 11.2. The number of hydrogen-bond donors (Lipinski definition) is 0. The van der Waals surface area contributed by atoms with Crippen molar-refractivity contribution >= 4 is 0 Å². The van der Waals surface area contributed by atoms with Crippen molar-refractivity contribution in [3.8, 4) is 0 Å². The van der Waals surface area contributed by atoms with Crippen molar-refractivity contribution in [2.24, 2.45) is 17.8 Å². The van der Waals surface area contributed by atoms with Gasteiger partial charge in [0.05, 0.1) is 0 Å². The van der Waals surface area contributed by atoms with Gasteiger partial charge in [0, 0.05) is 0 Å². The van der Waals surface area contributed by atoms with Crippen LogP contribution in [0.15, 0.2) is 0 Å². The van der Waals surface area contributed by atoms with Crippen molar-refractivity contribution in [3.63, 3.8) is 0 Å². The van der Waals surface area contributed by atoms with E-state index in [0.717, 1.165) is 17.8 Å². The molecule has 0 heteroatoms. The molecule has 0 heterocycles. The van der Waals surface area contributed by atoms with E-state index in [1.165, 1.54) is 96.3 Å². The first kappa shape index (κ1) is 23.0. The van der Waals surface area contributed by atoms with E-state index in [4.69, 9.17) is 0 Å². The Morgan fingerprint density at radius 1 is 0.522 bits per heavy atom. The molecule has 140 valence electrons. The standard InChI is InChI=1S/C23H48/c1-6-10-14-17-22(16-12-8-3)20-21(5)23(18-13-9-4)19-15-11-7-2/h21-23H,6-20H2,1-5H3. The Bertz CT molecular complexity index is 220. The van der Waals surface area contributed by atoms with Crippen molar-refractivity contribution in [3.05, 3.63) is 0 Å². The summed E-state index contributed by atoms with van der Waals surface area (Å²) in [6.07, 6.45) is 21.6. The molecule has 0 aromatic heterocycles. The van der Waals surface area contributed by atoms with Gasteiger partial charge >= 0.3 is 0 Å². The van der Waals surface area contributed by atoms with Gasteiger partial charge in [-0.2, -0.15) is 0 Å². The van der Waals surface area contributed by atoms with Crippen LogP contribution < -0.4 is 0 Å². The van der Waals surface area contributed by atoms with E-state index in [0.29, 0.717) is 0 Å². The molecule has 0 N–H and O–H groups in total. The Hall–Kier alpha value is 0. The lowest BCUT2D eigenvalue weighted by atomic mass is 9.78. The summed E-state index contributed by atoms with van der Waals surface area (Å²) in [4.78, 5) is 0. The first-order chi connectivity index (χ1) is 11.2. The molecule has 0 radical (unpaired) electrons. The smallest absolute Gasteiger partial charge is 0.0388 e. The van der Waals surface area contributed by atoms with Gasteiger partial charge in [0.2, 0.25) is 0 Å². The molecule has 0 spiro atoms. The Balaban J connectivity index is 4.40. The van der Waals surface area contributed by atoms with Crippen molar-refractivity contribution in [1.29, 1.82) is 0 Å². The van der Waals surface area contributed by atoms with Crippen LogP contribution in [0.5, 0.6) is 0 Å². The van der Waals surface area contributed by atoms with E-state index < -0.39 is 0 Å². The van der Waals surface area contributed by atoms with Gasteiger partial charge in [-0.15, -0.1) is 0 Å². The third kappa shape index (κ3) is 13.0. The molecule has 0 saturated heterocycles. The normalized spacial score (nSPS) is 15.5. The minimum Gasteiger partial charge on any atom is -0.0654 e. The second-order valence-electron chi connectivity index (χ2n) is 8.12. The average molecular weight is 325 g/mol. The highest BCUT2D eigenvalue weighted by Gasteiger charge is 2.20. The minimum absolute atomic E-state index is 0.946. The maximum absolute atomic E-state index is 2.57. The van der Waals surface area contributed by atoms with E-state index >= 15 is 0 Å². The van der Waals surface area contributed by atoms with E-state index in [1.54, 1.807) is 0 Å². The lowest BCUT2D eigenvalue weighted by molar-refractivity contribution is 0.233. The van der Waals surface area contributed by atoms with Crippen LogP contribution in [0.1, 0.15) is 131 Å². The molecule has 0 aromatic carbocycles. The van der Waals surface area contributed by atoms with Crippen LogP contribution in [0.3, 0.4) is 0 Å². The second kappa shape index (κ2) is 16.8. The largest absolute Gasteiger partial charge is 0.0654 e. The molecule has 0 aromatic rings. The van der Waals surface area contributed by atoms with Gasteiger partial charge in [-0.3, -0.25) is 0 Å². The first-order valence-electron chi connectivity index (χ1n) is 11.2. The average Bonchev–Trinajstić information content (AvgIpc) is 2.55. The topological polar surface area (TPSA) is 0 Å². The Labute approximate surface area is 149 Å². The van der Waals surface area contributed by atoms with Crippen LogP contribution in [0.2, 0.25) is 0 Å². The summed E-state index contributed by atoms with van der Waals surface area (Å²) in [5.41, 5.74) is 0. The zero-order valence-electron chi connectivity index (χ0n) is 17.3. The fraction of sp³-hybridized carbons (Fsp3) is 1.00. The summed E-state index contributed by atoms with van der Waals surface area (Å²) in [6.45, 7) is 11.9. The van der Waals surface area contributed by atoms with E-state index in [9.17, 15) is 0 Å². The van der Waals surface area contributed by atoms with E-state index in [1.807, 2.05) is 0 Å². The molecule has 0 bridgehead atoms. The molecular weight excluding hydrogens is 276 g/mol. The molecule has 0 aliphatic rings. The van der Waals surface area contributed by atoms with Crippen LogP contribution in [-0.4, -0.2) is 0 Å². The van der Waals surface area contributed by atoms with Crippen molar-refractivity contribution < 1.29 is 0 Å². The van der Waals surface area contributed by atoms with Crippen molar-refractivity contribution in [1.82, 2.24) is 0 Å². The molecule has 3 atom stereocenters. The molecule has 0 aliphatic carbocycles. The van der Waals surface area contributed by atoms with Crippen molar-refractivity contribution in [2.45, 2.75) is 131 Å². The molecular formula is C23H48. The number of unbranched alkanes of at least 4 members (excludes halogenated alkanes) is 6. The summed E-state index contributed by atoms with van der Waals surface area (Å²) in [5, 5.41) is 0. The van der Waals surface area contributed by atoms with Gasteiger partial charge in [-0.05, 0) is 24.2 Å². The van der Waals surface area contributed by atoms with Crippen LogP contribution >= 0.6 is 0 Å². The third-order valence-electron chi connectivity index (χ3n) is 5.80. The maximum atomic E-state index is 2.57. The van der Waals surface area contributed by atoms with Gasteiger partial charge in [-0.1, -0.05) is 125 Å². The predicted molar refractivity (Wildman–Crippen MR) is 108 cm³/mol. The molecule has 0 rings (SSSR count). The SMILES string of the molecule is CCCCCC(CCCC)CC(C)C(CCCC)CCCCC. The molecule has 3 unspecified atom stereocenters. The lowest BCUT2D eigenvalue weighted by Gasteiger charge is -2.28. The summed E-state index contributed by atoms with van der Waals surface area (Å²) < 4.78 is 0. The molecule has 0 fully saturated rings. The van der Waals surface area contributed by atoms with Crippen LogP contribution in [-0.2, 0) is 0 Å². The fourth-order valence-electron chi connectivity index (χ4n) is 4.11. The highest BCUT2D eigenvalue weighted by molar-refractivity contribution is 4.72. The van der Waals surface area contributed by atoms with Gasteiger partial charge in [-0.25, -0.2) is 0 Å². The van der Waals surface area contributed by atoms with Gasteiger partial charge in [0.1, 0.15) is 0 Å². The molecule has 0 saturated carbocycles. The molecule has 0 aliphatic heterocycles. The van der Waals surface area contributed by atoms with Crippen molar-refractivity contribution in [2.75, 3.05) is 0 Å². The third-order valence-corrected chi connectivity index (χ3v) is 5.80. The summed E-state index contributed by atoms with van der Waals surface area (Å²) >= 11 is 0. The fourth-order valence-corrected chi connectivity index (χ4v) is 4.11. The van der Waals surface area contributed by atoms with Gasteiger partial charge < -0.3 is 0 Å². The summed E-state index contributed by atoms with van der Waals surface area (Å²) in [6, 6.07) is 0. The second-order valence-corrected chi connectivity index (χ2v) is 8.12. The predicted octanol–water partition coefficient (Wildman–Crippen LogP) is 8.79. The molecule has 0 nitrogen and oxygen atoms in total. The zero-order valence-corrected chi connectivity index (χ0v) is 17.3. The van der Waals surface area contributed by atoms with Gasteiger partial charge in [0.25, 0.3) is 0 Å². The van der Waals surface area contributed by atoms with E-state index in [2.05, 4.69) is 34.6 Å². The van der Waals surface area contributed by atoms with Crippen LogP contribution in [0, 0.1) is 17.8 Å².